The topological polar surface area (TPSA) is 109 Å². The van der Waals surface area contributed by atoms with Crippen molar-refractivity contribution in [3.8, 4) is 5.75 Å². The van der Waals surface area contributed by atoms with Crippen molar-refractivity contribution in [3.05, 3.63) is 64.7 Å². The Kier molecular flexibility index (Phi) is 4.30. The highest BCUT2D eigenvalue weighted by Gasteiger charge is 2.67. The minimum atomic E-state index is -3.16. The zero-order valence-electron chi connectivity index (χ0n) is 21.1. The van der Waals surface area contributed by atoms with Crippen LogP contribution in [0.1, 0.15) is 30.4 Å². The molecule has 2 aliphatic heterocycles. The monoisotopic (exact) mass is 443 g/mol. The van der Waals surface area contributed by atoms with E-state index in [0.717, 1.165) is 18.2 Å². The number of benzene rings is 2. The molecule has 0 amide bonds. The molecule has 0 saturated carbocycles. The summed E-state index contributed by atoms with van der Waals surface area (Å²) in [6.45, 7) is -7.38. The van der Waals surface area contributed by atoms with Gasteiger partial charge in [-0.05, 0) is 42.2 Å². The van der Waals surface area contributed by atoms with Crippen molar-refractivity contribution >= 4 is 0 Å². The summed E-state index contributed by atoms with van der Waals surface area (Å²) in [4.78, 5) is 0. The van der Waals surface area contributed by atoms with E-state index >= 15 is 0 Å². The number of aliphatic hydroxyl groups is 4. The first kappa shape index (κ1) is 16.5. The molecule has 2 fully saturated rings. The third-order valence-electron chi connectivity index (χ3n) is 5.73. The molecule has 0 aliphatic carbocycles. The van der Waals surface area contributed by atoms with E-state index in [2.05, 4.69) is 0 Å². The summed E-state index contributed by atoms with van der Waals surface area (Å²) < 4.78 is 81.7. The van der Waals surface area contributed by atoms with Gasteiger partial charge in [-0.1, -0.05) is 12.1 Å². The summed E-state index contributed by atoms with van der Waals surface area (Å²) in [6.07, 6.45) is -5.35. The lowest BCUT2D eigenvalue weighted by Crippen LogP contribution is -2.65. The second-order valence-electron chi connectivity index (χ2n) is 7.61. The van der Waals surface area contributed by atoms with Gasteiger partial charge in [-0.15, -0.1) is 0 Å². The van der Waals surface area contributed by atoms with Crippen LogP contribution in [0.2, 0.25) is 0 Å². The van der Waals surface area contributed by atoms with E-state index in [9.17, 15) is 29.2 Å². The lowest BCUT2D eigenvalue weighted by Gasteiger charge is -2.45. The second kappa shape index (κ2) is 8.09. The molecule has 2 aromatic rings. The summed E-state index contributed by atoms with van der Waals surface area (Å²) in [6, 6.07) is 6.82. The summed E-state index contributed by atoms with van der Waals surface area (Å²) in [5.74, 6) is -4.41. The van der Waals surface area contributed by atoms with Gasteiger partial charge in [-0.3, -0.25) is 0 Å². The van der Waals surface area contributed by atoms with Gasteiger partial charge >= 0.3 is 0 Å². The molecule has 168 valence electrons. The van der Waals surface area contributed by atoms with Crippen LogP contribution in [0.5, 0.6) is 5.75 Å². The average Bonchev–Trinajstić information content (AvgIpc) is 3.19. The maximum atomic E-state index is 14.7. The van der Waals surface area contributed by atoms with Crippen molar-refractivity contribution in [3.63, 3.8) is 0 Å². The SMILES string of the molecule is [2H]C([2H])([2H])C([2H])([2H])Oc1ccc(Cc2cc([C@]34OC[C@](CO)(O3)[C@@H](O)[C@H](O)[C@H]4O)ccc2F)cc1F. The first-order valence-electron chi connectivity index (χ1n) is 11.9. The first-order chi connectivity index (χ1) is 16.7. The molecule has 2 aromatic carbocycles. The second-order valence-corrected chi connectivity index (χ2v) is 7.61. The number of hydrogen-bond acceptors (Lipinski definition) is 7. The van der Waals surface area contributed by atoms with Crippen LogP contribution in [0.15, 0.2) is 36.4 Å². The van der Waals surface area contributed by atoms with Crippen molar-refractivity contribution in [2.75, 3.05) is 19.8 Å². The fourth-order valence-electron chi connectivity index (χ4n) is 4.01. The Morgan fingerprint density at radius 1 is 1.16 bits per heavy atom. The van der Waals surface area contributed by atoms with Gasteiger partial charge in [-0.25, -0.2) is 8.78 Å². The molecule has 4 rings (SSSR count). The molecule has 4 N–H and O–H groups in total. The maximum absolute atomic E-state index is 14.7. The highest BCUT2D eigenvalue weighted by molar-refractivity contribution is 5.37. The summed E-state index contributed by atoms with van der Waals surface area (Å²) in [5.41, 5.74) is -1.39. The molecule has 5 atom stereocenters. The van der Waals surface area contributed by atoms with Crippen LogP contribution in [0.25, 0.3) is 0 Å². The Balaban J connectivity index is 1.62. The van der Waals surface area contributed by atoms with E-state index in [1.54, 1.807) is 0 Å². The Bertz CT molecular complexity index is 1150. The zero-order valence-corrected chi connectivity index (χ0v) is 16.1. The van der Waals surface area contributed by atoms with Gasteiger partial charge in [0.15, 0.2) is 11.6 Å². The molecule has 2 bridgehead atoms. The van der Waals surface area contributed by atoms with Crippen molar-refractivity contribution in [2.45, 2.75) is 43.0 Å². The van der Waals surface area contributed by atoms with E-state index in [1.165, 1.54) is 18.2 Å². The number of aliphatic hydroxyl groups excluding tert-OH is 4. The molecule has 0 radical (unpaired) electrons. The number of hydrogen-bond donors (Lipinski definition) is 4. The molecular formula is C22H24F2O7. The number of fused-ring (bicyclic) bond motifs is 2. The quantitative estimate of drug-likeness (QED) is 0.527. The molecule has 2 aliphatic rings. The maximum Gasteiger partial charge on any atom is 0.225 e. The Morgan fingerprint density at radius 2 is 1.97 bits per heavy atom. The highest BCUT2D eigenvalue weighted by Crippen LogP contribution is 2.49. The number of halogens is 2. The molecule has 2 saturated heterocycles. The number of rotatable bonds is 6. The van der Waals surface area contributed by atoms with Crippen molar-refractivity contribution < 1.29 is 50.3 Å². The van der Waals surface area contributed by atoms with E-state index < -0.39 is 67.1 Å². The first-order valence-corrected chi connectivity index (χ1v) is 9.41. The van der Waals surface area contributed by atoms with Crippen LogP contribution < -0.4 is 4.74 Å². The van der Waals surface area contributed by atoms with E-state index in [4.69, 9.17) is 21.1 Å². The van der Waals surface area contributed by atoms with Crippen molar-refractivity contribution in [2.24, 2.45) is 0 Å². The summed E-state index contributed by atoms with van der Waals surface area (Å²) >= 11 is 0. The van der Waals surface area contributed by atoms with Crippen LogP contribution in [0.3, 0.4) is 0 Å². The van der Waals surface area contributed by atoms with Gasteiger partial charge in [-0.2, -0.15) is 0 Å². The van der Waals surface area contributed by atoms with Gasteiger partial charge in [0, 0.05) is 16.1 Å². The van der Waals surface area contributed by atoms with Gasteiger partial charge in [0.05, 0.1) is 22.5 Å². The molecule has 31 heavy (non-hydrogen) atoms. The zero-order chi connectivity index (χ0) is 26.7. The van der Waals surface area contributed by atoms with E-state index in [0.29, 0.717) is 0 Å². The van der Waals surface area contributed by atoms with E-state index in [1.807, 2.05) is 0 Å². The smallest absolute Gasteiger partial charge is 0.225 e. The normalized spacial score (nSPS) is 35.5. The number of ether oxygens (including phenoxy) is 3. The minimum absolute atomic E-state index is 0.00859. The lowest BCUT2D eigenvalue weighted by atomic mass is 9.83. The average molecular weight is 443 g/mol. The fourth-order valence-corrected chi connectivity index (χ4v) is 4.01. The molecular weight excluding hydrogens is 414 g/mol. The van der Waals surface area contributed by atoms with Crippen LogP contribution in [-0.4, -0.2) is 64.1 Å². The highest BCUT2D eigenvalue weighted by atomic mass is 19.1. The minimum Gasteiger partial charge on any atom is -0.491 e. The van der Waals surface area contributed by atoms with Crippen LogP contribution >= 0.6 is 0 Å². The predicted octanol–water partition coefficient (Wildman–Crippen LogP) is 0.981. The Hall–Kier alpha value is -2.14. The van der Waals surface area contributed by atoms with Crippen LogP contribution in [0, 0.1) is 11.6 Å². The van der Waals surface area contributed by atoms with Crippen molar-refractivity contribution in [1.29, 1.82) is 0 Å². The Labute approximate surface area is 184 Å². The molecule has 7 nitrogen and oxygen atoms in total. The van der Waals surface area contributed by atoms with Gasteiger partial charge in [0.25, 0.3) is 0 Å². The third kappa shape index (κ3) is 3.51. The summed E-state index contributed by atoms with van der Waals surface area (Å²) in [7, 11) is 0. The standard InChI is InChI=1S/C22H24F2O7/c1-2-29-17-6-3-12(8-16(17)24)7-13-9-14(4-5-15(13)23)22-20(28)18(26)19(27)21(10-25,31-22)11-30-22/h3-6,8-9,18-20,25-28H,2,7,10-11H2,1H3/t18-,19-,20+,21-,22-/m0/s1/i1D3,2D2. The molecule has 0 unspecified atom stereocenters. The predicted molar refractivity (Wildman–Crippen MR) is 103 cm³/mol. The van der Waals surface area contributed by atoms with Crippen molar-refractivity contribution in [1.82, 2.24) is 0 Å². The fraction of sp³-hybridized carbons (Fsp3) is 0.455. The van der Waals surface area contributed by atoms with Gasteiger partial charge in [0.2, 0.25) is 5.79 Å². The van der Waals surface area contributed by atoms with Crippen LogP contribution in [0.4, 0.5) is 8.78 Å². The third-order valence-corrected chi connectivity index (χ3v) is 5.73. The lowest BCUT2D eigenvalue weighted by molar-refractivity contribution is -0.329. The van der Waals surface area contributed by atoms with Gasteiger partial charge in [0.1, 0.15) is 29.7 Å². The van der Waals surface area contributed by atoms with E-state index in [-0.39, 0.29) is 29.7 Å². The molecule has 2 heterocycles. The Morgan fingerprint density at radius 3 is 2.68 bits per heavy atom. The van der Waals surface area contributed by atoms with Crippen LogP contribution in [-0.2, 0) is 21.7 Å². The van der Waals surface area contributed by atoms with Gasteiger partial charge < -0.3 is 34.6 Å². The summed E-state index contributed by atoms with van der Waals surface area (Å²) in [5, 5.41) is 41.0. The molecule has 9 heteroatoms. The largest absolute Gasteiger partial charge is 0.491 e. The molecule has 0 spiro atoms. The molecule has 0 aromatic heterocycles.